The molecule has 5 nitrogen and oxygen atoms in total. The topological polar surface area (TPSA) is 49.3 Å². The molecule has 0 aromatic carbocycles. The molecule has 0 bridgehead atoms. The summed E-state index contributed by atoms with van der Waals surface area (Å²) in [5.41, 5.74) is 0. The van der Waals surface area contributed by atoms with E-state index < -0.39 is 0 Å². The molecule has 1 aliphatic heterocycles. The number of aromatic nitrogens is 2. The smallest absolute Gasteiger partial charge is 0.320 e. The van der Waals surface area contributed by atoms with E-state index in [4.69, 9.17) is 0 Å². The lowest BCUT2D eigenvalue weighted by Gasteiger charge is -2.20. The number of anilines is 1. The highest BCUT2D eigenvalue weighted by molar-refractivity contribution is 7.09. The van der Waals surface area contributed by atoms with Gasteiger partial charge < -0.3 is 4.90 Å². The van der Waals surface area contributed by atoms with E-state index in [1.807, 2.05) is 32.6 Å². The summed E-state index contributed by atoms with van der Waals surface area (Å²) in [6.45, 7) is 8.69. The van der Waals surface area contributed by atoms with E-state index in [0.29, 0.717) is 5.13 Å². The molecule has 0 aliphatic carbocycles. The van der Waals surface area contributed by atoms with Crippen LogP contribution in [0, 0.1) is 6.92 Å². The highest BCUT2D eigenvalue weighted by Crippen LogP contribution is 2.27. The number of aryl methyl sites for hydroxylation is 1. The molecule has 1 fully saturated rings. The van der Waals surface area contributed by atoms with E-state index in [2.05, 4.69) is 9.36 Å². The van der Waals surface area contributed by atoms with Gasteiger partial charge in [-0.05, 0) is 27.7 Å². The molecule has 1 saturated heterocycles. The molecular formula is C10H16N4OS. The number of amides is 2. The summed E-state index contributed by atoms with van der Waals surface area (Å²) in [4.78, 5) is 20.0. The van der Waals surface area contributed by atoms with E-state index in [1.165, 1.54) is 11.5 Å². The maximum absolute atomic E-state index is 12.2. The summed E-state index contributed by atoms with van der Waals surface area (Å²) in [5, 5.41) is 0.707. The Bertz CT molecular complexity index is 403. The summed E-state index contributed by atoms with van der Waals surface area (Å²) in [6.07, 6.45) is 0. The molecule has 0 spiro atoms. The standard InChI is InChI=1S/C10H16N4OS/c1-6(2)13-5-7(3)14(10(13)15)9-11-8(4)12-16-9/h6-7H,5H2,1-4H3. The second-order valence-corrected chi connectivity index (χ2v) is 5.10. The van der Waals surface area contributed by atoms with Gasteiger partial charge in [-0.1, -0.05) is 0 Å². The number of hydrogen-bond donors (Lipinski definition) is 0. The van der Waals surface area contributed by atoms with Crippen LogP contribution in [-0.4, -0.2) is 38.9 Å². The third kappa shape index (κ3) is 1.77. The minimum atomic E-state index is 0.0404. The zero-order valence-electron chi connectivity index (χ0n) is 9.97. The van der Waals surface area contributed by atoms with Gasteiger partial charge in [-0.15, -0.1) is 0 Å². The fourth-order valence-electron chi connectivity index (χ4n) is 1.86. The first-order valence-electron chi connectivity index (χ1n) is 5.41. The molecule has 2 heterocycles. The second-order valence-electron chi connectivity index (χ2n) is 4.37. The maximum atomic E-state index is 12.2. The predicted molar refractivity (Wildman–Crippen MR) is 63.8 cm³/mol. The summed E-state index contributed by atoms with van der Waals surface area (Å²) < 4.78 is 4.12. The Morgan fingerprint density at radius 3 is 2.62 bits per heavy atom. The van der Waals surface area contributed by atoms with Gasteiger partial charge in [0.25, 0.3) is 0 Å². The summed E-state index contributed by atoms with van der Waals surface area (Å²) in [7, 11) is 0. The van der Waals surface area contributed by atoms with E-state index in [9.17, 15) is 4.79 Å². The normalized spacial score (nSPS) is 21.3. The SMILES string of the molecule is Cc1nsc(N2C(=O)N(C(C)C)CC2C)n1. The highest BCUT2D eigenvalue weighted by atomic mass is 32.1. The van der Waals surface area contributed by atoms with Gasteiger partial charge in [0.1, 0.15) is 5.82 Å². The minimum Gasteiger partial charge on any atom is -0.320 e. The molecule has 1 atom stereocenters. The van der Waals surface area contributed by atoms with Crippen LogP contribution in [0.3, 0.4) is 0 Å². The second kappa shape index (κ2) is 4.01. The van der Waals surface area contributed by atoms with Crippen molar-refractivity contribution in [2.45, 2.75) is 39.8 Å². The first kappa shape index (κ1) is 11.3. The molecule has 1 aromatic heterocycles. The van der Waals surface area contributed by atoms with Gasteiger partial charge in [0.2, 0.25) is 5.13 Å². The highest BCUT2D eigenvalue weighted by Gasteiger charge is 2.38. The average molecular weight is 240 g/mol. The van der Waals surface area contributed by atoms with Crippen molar-refractivity contribution in [1.29, 1.82) is 0 Å². The molecule has 2 rings (SSSR count). The quantitative estimate of drug-likeness (QED) is 0.793. The summed E-state index contributed by atoms with van der Waals surface area (Å²) >= 11 is 1.29. The number of carbonyl (C=O) groups is 1. The van der Waals surface area contributed by atoms with Crippen LogP contribution >= 0.6 is 11.5 Å². The number of urea groups is 1. The van der Waals surface area contributed by atoms with E-state index in [-0.39, 0.29) is 18.1 Å². The van der Waals surface area contributed by atoms with Gasteiger partial charge in [0.15, 0.2) is 0 Å². The Morgan fingerprint density at radius 2 is 2.19 bits per heavy atom. The zero-order chi connectivity index (χ0) is 11.9. The Hall–Kier alpha value is -1.17. The number of nitrogens with zero attached hydrogens (tertiary/aromatic N) is 4. The van der Waals surface area contributed by atoms with Crippen molar-refractivity contribution < 1.29 is 4.79 Å². The molecule has 1 aliphatic rings. The molecule has 6 heteroatoms. The van der Waals surface area contributed by atoms with Crippen LogP contribution in [0.15, 0.2) is 0 Å². The van der Waals surface area contributed by atoms with Gasteiger partial charge >= 0.3 is 6.03 Å². The lowest BCUT2D eigenvalue weighted by Crippen LogP contribution is -2.36. The van der Waals surface area contributed by atoms with Gasteiger partial charge in [-0.2, -0.15) is 4.37 Å². The molecule has 1 unspecified atom stereocenters. The van der Waals surface area contributed by atoms with Gasteiger partial charge in [-0.3, -0.25) is 4.90 Å². The monoisotopic (exact) mass is 240 g/mol. The molecule has 2 amide bonds. The van der Waals surface area contributed by atoms with Crippen molar-refractivity contribution in [3.05, 3.63) is 5.82 Å². The van der Waals surface area contributed by atoms with Crippen LogP contribution in [0.5, 0.6) is 0 Å². The lowest BCUT2D eigenvalue weighted by molar-refractivity contribution is 0.208. The largest absolute Gasteiger partial charge is 0.326 e. The Balaban J connectivity index is 2.26. The van der Waals surface area contributed by atoms with Crippen LogP contribution in [0.4, 0.5) is 9.93 Å². The Kier molecular flexibility index (Phi) is 2.84. The summed E-state index contributed by atoms with van der Waals surface area (Å²) in [6, 6.07) is 0.440. The lowest BCUT2D eigenvalue weighted by atomic mass is 10.3. The van der Waals surface area contributed by atoms with Crippen LogP contribution in [0.25, 0.3) is 0 Å². The van der Waals surface area contributed by atoms with Gasteiger partial charge in [-0.25, -0.2) is 9.78 Å². The van der Waals surface area contributed by atoms with Crippen molar-refractivity contribution in [3.8, 4) is 0 Å². The maximum Gasteiger partial charge on any atom is 0.326 e. The van der Waals surface area contributed by atoms with E-state index in [1.54, 1.807) is 4.90 Å². The summed E-state index contributed by atoms with van der Waals surface area (Å²) in [5.74, 6) is 0.725. The predicted octanol–water partition coefficient (Wildman–Crippen LogP) is 1.89. The fourth-order valence-corrected chi connectivity index (χ4v) is 2.63. The Labute approximate surface area is 99.2 Å². The fraction of sp³-hybridized carbons (Fsp3) is 0.700. The number of rotatable bonds is 2. The van der Waals surface area contributed by atoms with Crippen LogP contribution in [0.2, 0.25) is 0 Å². The van der Waals surface area contributed by atoms with Crippen LogP contribution in [0.1, 0.15) is 26.6 Å². The van der Waals surface area contributed by atoms with Crippen LogP contribution < -0.4 is 4.90 Å². The average Bonchev–Trinajstić information content (AvgIpc) is 2.71. The van der Waals surface area contributed by atoms with Gasteiger partial charge in [0.05, 0.1) is 6.04 Å². The van der Waals surface area contributed by atoms with E-state index >= 15 is 0 Å². The van der Waals surface area contributed by atoms with Crippen LogP contribution in [-0.2, 0) is 0 Å². The molecular weight excluding hydrogens is 224 g/mol. The van der Waals surface area contributed by atoms with Crippen molar-refractivity contribution in [1.82, 2.24) is 14.3 Å². The Morgan fingerprint density at radius 1 is 1.50 bits per heavy atom. The molecule has 0 saturated carbocycles. The molecule has 0 radical (unpaired) electrons. The molecule has 1 aromatic rings. The number of hydrogen-bond acceptors (Lipinski definition) is 4. The number of carbonyl (C=O) groups excluding carboxylic acids is 1. The molecule has 88 valence electrons. The third-order valence-electron chi connectivity index (χ3n) is 2.70. The first-order chi connectivity index (χ1) is 7.50. The van der Waals surface area contributed by atoms with Crippen molar-refractivity contribution in [2.24, 2.45) is 0 Å². The van der Waals surface area contributed by atoms with Crippen molar-refractivity contribution in [2.75, 3.05) is 11.4 Å². The molecule has 16 heavy (non-hydrogen) atoms. The third-order valence-corrected chi connectivity index (χ3v) is 3.51. The van der Waals surface area contributed by atoms with Crippen molar-refractivity contribution in [3.63, 3.8) is 0 Å². The zero-order valence-corrected chi connectivity index (χ0v) is 10.8. The molecule has 0 N–H and O–H groups in total. The van der Waals surface area contributed by atoms with Gasteiger partial charge in [0, 0.05) is 24.1 Å². The minimum absolute atomic E-state index is 0.0404. The van der Waals surface area contributed by atoms with Crippen molar-refractivity contribution >= 4 is 22.7 Å². The van der Waals surface area contributed by atoms with E-state index in [0.717, 1.165) is 12.4 Å². The first-order valence-corrected chi connectivity index (χ1v) is 6.18.